The Hall–Kier alpha value is -3.02. The molecule has 0 radical (unpaired) electrons. The lowest BCUT2D eigenvalue weighted by molar-refractivity contribution is -0.157. The molecule has 0 aliphatic carbocycles. The molecule has 0 heterocycles. The molecule has 0 fully saturated rings. The molecule has 6 nitrogen and oxygen atoms in total. The Labute approximate surface area is 159 Å². The molecule has 2 amide bonds. The Morgan fingerprint density at radius 2 is 1.74 bits per heavy atom. The minimum atomic E-state index is -1.03. The van der Waals surface area contributed by atoms with E-state index >= 15 is 0 Å². The van der Waals surface area contributed by atoms with Gasteiger partial charge in [0.25, 0.3) is 0 Å². The van der Waals surface area contributed by atoms with Crippen LogP contribution >= 0.6 is 0 Å². The van der Waals surface area contributed by atoms with Gasteiger partial charge in [-0.15, -0.1) is 0 Å². The number of esters is 1. The van der Waals surface area contributed by atoms with Gasteiger partial charge in [0.15, 0.2) is 6.04 Å². The minimum absolute atomic E-state index is 0.525. The van der Waals surface area contributed by atoms with Crippen LogP contribution in [0.5, 0.6) is 5.75 Å². The Morgan fingerprint density at radius 3 is 2.30 bits per heavy atom. The van der Waals surface area contributed by atoms with E-state index in [4.69, 9.17) is 15.2 Å². The molecule has 0 spiro atoms. The average Bonchev–Trinajstić information content (AvgIpc) is 2.58. The molecular weight excluding hydrogens is 344 g/mol. The lowest BCUT2D eigenvalue weighted by Gasteiger charge is -2.25. The van der Waals surface area contributed by atoms with Crippen LogP contribution < -0.4 is 15.8 Å². The zero-order valence-electron chi connectivity index (χ0n) is 16.3. The van der Waals surface area contributed by atoms with Crippen molar-refractivity contribution in [2.75, 3.05) is 7.11 Å². The van der Waals surface area contributed by atoms with Crippen molar-refractivity contribution in [3.05, 3.63) is 53.6 Å². The van der Waals surface area contributed by atoms with Gasteiger partial charge in [-0.25, -0.2) is 9.59 Å². The molecule has 1 atom stereocenters. The number of carbonyl (C=O) groups excluding carboxylic acids is 2. The summed E-state index contributed by atoms with van der Waals surface area (Å²) >= 11 is 0. The highest BCUT2D eigenvalue weighted by Gasteiger charge is 2.28. The molecular formula is C21H26N2O4. The summed E-state index contributed by atoms with van der Waals surface area (Å²) in [4.78, 5) is 24.0. The van der Waals surface area contributed by atoms with Crippen molar-refractivity contribution in [3.63, 3.8) is 0 Å². The second-order valence-corrected chi connectivity index (χ2v) is 7.25. The van der Waals surface area contributed by atoms with Gasteiger partial charge in [-0.1, -0.05) is 36.4 Å². The molecule has 6 heteroatoms. The smallest absolute Gasteiger partial charge is 0.333 e. The maximum Gasteiger partial charge on any atom is 0.333 e. The van der Waals surface area contributed by atoms with Gasteiger partial charge in [0, 0.05) is 5.56 Å². The van der Waals surface area contributed by atoms with Crippen LogP contribution in [0.25, 0.3) is 11.1 Å². The third-order valence-corrected chi connectivity index (χ3v) is 3.92. The van der Waals surface area contributed by atoms with Crippen molar-refractivity contribution in [3.8, 4) is 16.9 Å². The van der Waals surface area contributed by atoms with E-state index in [1.807, 2.05) is 37.3 Å². The quantitative estimate of drug-likeness (QED) is 0.785. The Morgan fingerprint density at radius 1 is 1.07 bits per heavy atom. The SMILES string of the molecule is COc1cc(C(NC(N)=O)C(=O)OC(C)(C)C)ccc1-c1ccccc1C. The molecule has 0 saturated heterocycles. The van der Waals surface area contributed by atoms with Crippen LogP contribution in [-0.4, -0.2) is 24.7 Å². The van der Waals surface area contributed by atoms with Gasteiger partial charge in [0.1, 0.15) is 11.4 Å². The van der Waals surface area contributed by atoms with Crippen LogP contribution in [0.4, 0.5) is 4.79 Å². The fraction of sp³-hybridized carbons (Fsp3) is 0.333. The number of methoxy groups -OCH3 is 1. The van der Waals surface area contributed by atoms with Crippen LogP contribution in [0.1, 0.15) is 37.9 Å². The highest BCUT2D eigenvalue weighted by atomic mass is 16.6. The van der Waals surface area contributed by atoms with Crippen molar-refractivity contribution in [1.82, 2.24) is 5.32 Å². The van der Waals surface area contributed by atoms with E-state index in [2.05, 4.69) is 5.32 Å². The number of benzene rings is 2. The van der Waals surface area contributed by atoms with E-state index in [1.54, 1.807) is 40.0 Å². The third-order valence-electron chi connectivity index (χ3n) is 3.92. The second-order valence-electron chi connectivity index (χ2n) is 7.25. The number of carbonyl (C=O) groups is 2. The first-order valence-corrected chi connectivity index (χ1v) is 8.65. The summed E-state index contributed by atoms with van der Waals surface area (Å²) in [6.45, 7) is 7.29. The van der Waals surface area contributed by atoms with Gasteiger partial charge in [0.2, 0.25) is 0 Å². The lowest BCUT2D eigenvalue weighted by atomic mass is 9.96. The number of rotatable bonds is 5. The summed E-state index contributed by atoms with van der Waals surface area (Å²) in [5.74, 6) is -0.00590. The van der Waals surface area contributed by atoms with Crippen molar-refractivity contribution >= 4 is 12.0 Å². The third kappa shape index (κ3) is 5.23. The highest BCUT2D eigenvalue weighted by Crippen LogP contribution is 2.34. The summed E-state index contributed by atoms with van der Waals surface area (Å²) < 4.78 is 10.9. The fourth-order valence-corrected chi connectivity index (χ4v) is 2.77. The van der Waals surface area contributed by atoms with Crippen molar-refractivity contribution in [2.45, 2.75) is 39.3 Å². The molecule has 0 aliphatic heterocycles. The van der Waals surface area contributed by atoms with Gasteiger partial charge in [-0.2, -0.15) is 0 Å². The molecule has 0 aromatic heterocycles. The van der Waals surface area contributed by atoms with E-state index in [9.17, 15) is 9.59 Å². The van der Waals surface area contributed by atoms with Gasteiger partial charge < -0.3 is 20.5 Å². The zero-order valence-corrected chi connectivity index (χ0v) is 16.3. The van der Waals surface area contributed by atoms with Gasteiger partial charge >= 0.3 is 12.0 Å². The van der Waals surface area contributed by atoms with E-state index in [0.717, 1.165) is 16.7 Å². The van der Waals surface area contributed by atoms with Crippen molar-refractivity contribution in [2.24, 2.45) is 5.73 Å². The first-order valence-electron chi connectivity index (χ1n) is 8.65. The van der Waals surface area contributed by atoms with Gasteiger partial charge in [-0.3, -0.25) is 0 Å². The van der Waals surface area contributed by atoms with Gasteiger partial charge in [-0.05, 0) is 50.5 Å². The summed E-state index contributed by atoms with van der Waals surface area (Å²) in [5.41, 5.74) is 8.10. The summed E-state index contributed by atoms with van der Waals surface area (Å²) in [6.07, 6.45) is 0. The number of aryl methyl sites for hydroxylation is 1. The van der Waals surface area contributed by atoms with E-state index in [1.165, 1.54) is 0 Å². The Kier molecular flexibility index (Phi) is 6.10. The number of ether oxygens (including phenoxy) is 2. The number of nitrogens with one attached hydrogen (secondary N) is 1. The topological polar surface area (TPSA) is 90.6 Å². The normalized spacial score (nSPS) is 12.2. The van der Waals surface area contributed by atoms with Gasteiger partial charge in [0.05, 0.1) is 7.11 Å². The molecule has 27 heavy (non-hydrogen) atoms. The average molecular weight is 370 g/mol. The number of hydrogen-bond donors (Lipinski definition) is 2. The van der Waals surface area contributed by atoms with E-state index in [-0.39, 0.29) is 0 Å². The lowest BCUT2D eigenvalue weighted by Crippen LogP contribution is -2.40. The van der Waals surface area contributed by atoms with Crippen LogP contribution in [0.15, 0.2) is 42.5 Å². The maximum atomic E-state index is 12.6. The summed E-state index contributed by atoms with van der Waals surface area (Å²) in [7, 11) is 1.56. The largest absolute Gasteiger partial charge is 0.496 e. The minimum Gasteiger partial charge on any atom is -0.496 e. The molecule has 144 valence electrons. The molecule has 0 bridgehead atoms. The molecule has 3 N–H and O–H groups in total. The predicted octanol–water partition coefficient (Wildman–Crippen LogP) is 3.72. The molecule has 2 aromatic rings. The number of primary amides is 1. The zero-order chi connectivity index (χ0) is 20.2. The highest BCUT2D eigenvalue weighted by molar-refractivity contribution is 5.85. The van der Waals surface area contributed by atoms with E-state index < -0.39 is 23.6 Å². The Balaban J connectivity index is 2.47. The fourth-order valence-electron chi connectivity index (χ4n) is 2.77. The second kappa shape index (κ2) is 8.12. The monoisotopic (exact) mass is 370 g/mol. The summed E-state index contributed by atoms with van der Waals surface area (Å²) in [6, 6.07) is 11.4. The number of nitrogens with two attached hydrogens (primary N) is 1. The number of hydrogen-bond acceptors (Lipinski definition) is 4. The number of amides is 2. The maximum absolute atomic E-state index is 12.6. The van der Waals surface area contributed by atoms with Crippen LogP contribution in [0, 0.1) is 6.92 Å². The first kappa shape index (κ1) is 20.3. The van der Waals surface area contributed by atoms with Crippen molar-refractivity contribution < 1.29 is 19.1 Å². The van der Waals surface area contributed by atoms with Crippen LogP contribution in [-0.2, 0) is 9.53 Å². The number of urea groups is 1. The molecule has 2 aromatic carbocycles. The van der Waals surface area contributed by atoms with Crippen LogP contribution in [0.3, 0.4) is 0 Å². The summed E-state index contributed by atoms with van der Waals surface area (Å²) in [5, 5.41) is 2.45. The predicted molar refractivity (Wildman–Crippen MR) is 104 cm³/mol. The standard InChI is InChI=1S/C21H26N2O4/c1-13-8-6-7-9-15(13)16-11-10-14(12-17(16)26-5)18(23-20(22)25)19(24)27-21(2,3)4/h6-12,18H,1-5H3,(H3,22,23,25). The molecule has 0 saturated carbocycles. The van der Waals surface area contributed by atoms with Crippen molar-refractivity contribution in [1.29, 1.82) is 0 Å². The first-order chi connectivity index (χ1) is 12.6. The molecule has 1 unspecified atom stereocenters. The molecule has 0 aliphatic rings. The van der Waals surface area contributed by atoms with Crippen LogP contribution in [0.2, 0.25) is 0 Å². The van der Waals surface area contributed by atoms with E-state index in [0.29, 0.717) is 11.3 Å². The Bertz CT molecular complexity index is 840. The molecule has 2 rings (SSSR count).